The molecule has 0 unspecified atom stereocenters. The Bertz CT molecular complexity index is 1050. The van der Waals surface area contributed by atoms with E-state index >= 15 is 0 Å². The number of hydrogen-bond donors (Lipinski definition) is 0. The summed E-state index contributed by atoms with van der Waals surface area (Å²) in [6, 6.07) is 14.2. The molecule has 3 aromatic rings. The number of benzene rings is 2. The van der Waals surface area contributed by atoms with Crippen molar-refractivity contribution in [3.8, 4) is 0 Å². The Morgan fingerprint density at radius 3 is 2.52 bits per heavy atom. The van der Waals surface area contributed by atoms with Crippen LogP contribution in [0.15, 0.2) is 53.3 Å². The Kier molecular flexibility index (Phi) is 5.45. The molecule has 1 aromatic heterocycles. The van der Waals surface area contributed by atoms with E-state index in [1.807, 2.05) is 25.1 Å². The van der Waals surface area contributed by atoms with Crippen LogP contribution in [0.25, 0.3) is 10.9 Å². The molecule has 1 heterocycles. The number of aryl methyl sites for hydroxylation is 2. The third-order valence-electron chi connectivity index (χ3n) is 4.37. The molecule has 0 radical (unpaired) electrons. The van der Waals surface area contributed by atoms with E-state index in [0.717, 1.165) is 5.56 Å². The van der Waals surface area contributed by atoms with Gasteiger partial charge in [0.15, 0.2) is 12.4 Å². The minimum Gasteiger partial charge on any atom is -0.457 e. The number of ketones is 1. The molecule has 0 N–H and O–H groups in total. The van der Waals surface area contributed by atoms with Gasteiger partial charge < -0.3 is 4.74 Å². The lowest BCUT2D eigenvalue weighted by Gasteiger charge is -2.09. The number of ether oxygens (including phenoxy) is 1. The molecule has 0 saturated carbocycles. The maximum atomic E-state index is 12.4. The summed E-state index contributed by atoms with van der Waals surface area (Å²) in [6.45, 7) is 1.63. The predicted octanol–water partition coefficient (Wildman–Crippen LogP) is 2.60. The van der Waals surface area contributed by atoms with Gasteiger partial charge in [-0.3, -0.25) is 19.0 Å². The minimum absolute atomic E-state index is 0.0415. The number of carbonyl (C=O) groups is 2. The van der Waals surface area contributed by atoms with E-state index in [4.69, 9.17) is 4.74 Å². The molecule has 0 fully saturated rings. The molecule has 0 bridgehead atoms. The van der Waals surface area contributed by atoms with E-state index in [1.54, 1.807) is 37.4 Å². The highest BCUT2D eigenvalue weighted by atomic mass is 16.5. The maximum Gasteiger partial charge on any atom is 0.306 e. The van der Waals surface area contributed by atoms with E-state index in [1.165, 1.54) is 4.57 Å². The molecule has 0 aliphatic rings. The van der Waals surface area contributed by atoms with E-state index in [9.17, 15) is 14.4 Å². The van der Waals surface area contributed by atoms with Crippen LogP contribution in [0.4, 0.5) is 0 Å². The molecule has 0 saturated heterocycles. The Balaban J connectivity index is 1.60. The second kappa shape index (κ2) is 7.95. The third kappa shape index (κ3) is 4.28. The molecule has 2 aromatic carbocycles. The largest absolute Gasteiger partial charge is 0.457 e. The van der Waals surface area contributed by atoms with Gasteiger partial charge in [0.1, 0.15) is 5.82 Å². The van der Waals surface area contributed by atoms with Crippen molar-refractivity contribution in [3.05, 3.63) is 75.8 Å². The van der Waals surface area contributed by atoms with Crippen LogP contribution < -0.4 is 5.56 Å². The fourth-order valence-electron chi connectivity index (χ4n) is 2.74. The lowest BCUT2D eigenvalue weighted by Crippen LogP contribution is -2.23. The van der Waals surface area contributed by atoms with E-state index in [-0.39, 0.29) is 30.8 Å². The molecule has 138 valence electrons. The Morgan fingerprint density at radius 1 is 1.07 bits per heavy atom. The number of nitrogens with zero attached hydrogens (tertiary/aromatic N) is 2. The number of para-hydroxylation sites is 1. The first kappa shape index (κ1) is 18.5. The summed E-state index contributed by atoms with van der Waals surface area (Å²) in [5.74, 6) is -0.252. The van der Waals surface area contributed by atoms with E-state index < -0.39 is 5.97 Å². The van der Waals surface area contributed by atoms with Crippen molar-refractivity contribution in [2.75, 3.05) is 6.61 Å². The zero-order valence-electron chi connectivity index (χ0n) is 15.3. The van der Waals surface area contributed by atoms with Crippen molar-refractivity contribution in [2.45, 2.75) is 19.8 Å². The van der Waals surface area contributed by atoms with Crippen LogP contribution in [-0.4, -0.2) is 27.9 Å². The summed E-state index contributed by atoms with van der Waals surface area (Å²) >= 11 is 0. The number of rotatable bonds is 6. The molecule has 27 heavy (non-hydrogen) atoms. The van der Waals surface area contributed by atoms with Gasteiger partial charge in [0.2, 0.25) is 0 Å². The van der Waals surface area contributed by atoms with E-state index in [0.29, 0.717) is 22.3 Å². The molecular weight excluding hydrogens is 344 g/mol. The van der Waals surface area contributed by atoms with Crippen LogP contribution in [-0.2, 0) is 23.0 Å². The molecule has 0 aliphatic carbocycles. The van der Waals surface area contributed by atoms with Crippen LogP contribution in [0, 0.1) is 6.92 Å². The van der Waals surface area contributed by atoms with Gasteiger partial charge in [-0.05, 0) is 19.1 Å². The molecule has 0 amide bonds. The summed E-state index contributed by atoms with van der Waals surface area (Å²) in [4.78, 5) is 40.8. The van der Waals surface area contributed by atoms with Crippen molar-refractivity contribution in [3.63, 3.8) is 0 Å². The maximum absolute atomic E-state index is 12.4. The predicted molar refractivity (Wildman–Crippen MR) is 102 cm³/mol. The van der Waals surface area contributed by atoms with Gasteiger partial charge in [-0.25, -0.2) is 4.98 Å². The highest BCUT2D eigenvalue weighted by Crippen LogP contribution is 2.09. The summed E-state index contributed by atoms with van der Waals surface area (Å²) in [5, 5.41) is 0.537. The van der Waals surface area contributed by atoms with Crippen molar-refractivity contribution >= 4 is 22.7 Å². The second-order valence-electron chi connectivity index (χ2n) is 6.36. The summed E-state index contributed by atoms with van der Waals surface area (Å²) < 4.78 is 6.50. The second-order valence-corrected chi connectivity index (χ2v) is 6.36. The van der Waals surface area contributed by atoms with Gasteiger partial charge in [0, 0.05) is 19.0 Å². The fraction of sp³-hybridized carbons (Fsp3) is 0.238. The zero-order valence-corrected chi connectivity index (χ0v) is 15.3. The highest BCUT2D eigenvalue weighted by molar-refractivity contribution is 5.97. The summed E-state index contributed by atoms with van der Waals surface area (Å²) in [6.07, 6.45) is 0.300. The Labute approximate surface area is 156 Å². The highest BCUT2D eigenvalue weighted by Gasteiger charge is 2.13. The molecule has 0 spiro atoms. The average Bonchev–Trinajstić information content (AvgIpc) is 2.68. The van der Waals surface area contributed by atoms with Crippen LogP contribution in [0.3, 0.4) is 0 Å². The normalized spacial score (nSPS) is 10.7. The molecule has 6 heteroatoms. The van der Waals surface area contributed by atoms with Gasteiger partial charge in [-0.1, -0.05) is 42.0 Å². The third-order valence-corrected chi connectivity index (χ3v) is 4.37. The first-order chi connectivity index (χ1) is 13.0. The number of carbonyl (C=O) groups excluding carboxylic acids is 2. The Hall–Kier alpha value is -3.28. The molecule has 3 rings (SSSR count). The first-order valence-corrected chi connectivity index (χ1v) is 8.66. The zero-order chi connectivity index (χ0) is 19.4. The van der Waals surface area contributed by atoms with Gasteiger partial charge in [-0.2, -0.15) is 0 Å². The van der Waals surface area contributed by atoms with Gasteiger partial charge >= 0.3 is 5.97 Å². The molecule has 6 nitrogen and oxygen atoms in total. The SMILES string of the molecule is Cc1ccc(C(=O)COC(=O)CCc2nc3ccccc3c(=O)n2C)cc1. The number of aromatic nitrogens is 2. The van der Waals surface area contributed by atoms with Crippen LogP contribution in [0.1, 0.15) is 28.2 Å². The monoisotopic (exact) mass is 364 g/mol. The number of esters is 1. The average molecular weight is 364 g/mol. The van der Waals surface area contributed by atoms with Crippen LogP contribution in [0.5, 0.6) is 0 Å². The Morgan fingerprint density at radius 2 is 1.78 bits per heavy atom. The molecule has 0 atom stereocenters. The van der Waals surface area contributed by atoms with Gasteiger partial charge in [0.05, 0.1) is 17.3 Å². The summed E-state index contributed by atoms with van der Waals surface area (Å²) in [7, 11) is 1.63. The lowest BCUT2D eigenvalue weighted by atomic mass is 10.1. The van der Waals surface area contributed by atoms with Crippen LogP contribution >= 0.6 is 0 Å². The number of Topliss-reactive ketones (excluding diaryl/α,β-unsaturated/α-hetero) is 1. The van der Waals surface area contributed by atoms with Crippen LogP contribution in [0.2, 0.25) is 0 Å². The minimum atomic E-state index is -0.502. The molecule has 0 aliphatic heterocycles. The smallest absolute Gasteiger partial charge is 0.306 e. The van der Waals surface area contributed by atoms with Crippen molar-refractivity contribution in [1.29, 1.82) is 0 Å². The molecular formula is C21H20N2O4. The number of fused-ring (bicyclic) bond motifs is 1. The van der Waals surface area contributed by atoms with Crippen molar-refractivity contribution < 1.29 is 14.3 Å². The lowest BCUT2D eigenvalue weighted by molar-refractivity contribution is -0.142. The van der Waals surface area contributed by atoms with Gasteiger partial charge in [0.25, 0.3) is 5.56 Å². The van der Waals surface area contributed by atoms with Crippen molar-refractivity contribution in [1.82, 2.24) is 9.55 Å². The standard InChI is InChI=1S/C21H20N2O4/c1-14-7-9-15(10-8-14)18(24)13-27-20(25)12-11-19-22-17-6-4-3-5-16(17)21(26)23(19)2/h3-10H,11-13H2,1-2H3. The number of hydrogen-bond acceptors (Lipinski definition) is 5. The quantitative estimate of drug-likeness (QED) is 0.496. The summed E-state index contributed by atoms with van der Waals surface area (Å²) in [5.41, 5.74) is 2.00. The van der Waals surface area contributed by atoms with Gasteiger partial charge in [-0.15, -0.1) is 0 Å². The topological polar surface area (TPSA) is 78.3 Å². The van der Waals surface area contributed by atoms with Crippen molar-refractivity contribution in [2.24, 2.45) is 7.05 Å². The fourth-order valence-corrected chi connectivity index (χ4v) is 2.74. The first-order valence-electron chi connectivity index (χ1n) is 8.66. The van der Waals surface area contributed by atoms with E-state index in [2.05, 4.69) is 4.98 Å².